The molecule has 0 amide bonds. The lowest BCUT2D eigenvalue weighted by Crippen LogP contribution is -2.06. The number of aromatic nitrogens is 1. The normalized spacial score (nSPS) is 10.2. The van der Waals surface area contributed by atoms with E-state index < -0.39 is 10.9 Å². The average Bonchev–Trinajstić information content (AvgIpc) is 2.87. The van der Waals surface area contributed by atoms with Crippen molar-refractivity contribution in [3.63, 3.8) is 0 Å². The van der Waals surface area contributed by atoms with Crippen LogP contribution in [0, 0.1) is 10.1 Å². The van der Waals surface area contributed by atoms with Gasteiger partial charge in [0.05, 0.1) is 22.7 Å². The quantitative estimate of drug-likeness (QED) is 0.481. The SMILES string of the molecule is CCOC(=O)c1scnc1Cc1cccc([N+](=O)[O-])c1. The number of hydrogen-bond acceptors (Lipinski definition) is 6. The summed E-state index contributed by atoms with van der Waals surface area (Å²) >= 11 is 1.21. The van der Waals surface area contributed by atoms with Crippen molar-refractivity contribution in [2.45, 2.75) is 13.3 Å². The van der Waals surface area contributed by atoms with E-state index in [-0.39, 0.29) is 5.69 Å². The van der Waals surface area contributed by atoms with Crippen LogP contribution in [0.15, 0.2) is 29.8 Å². The topological polar surface area (TPSA) is 82.3 Å². The molecule has 2 rings (SSSR count). The van der Waals surface area contributed by atoms with Gasteiger partial charge in [0.25, 0.3) is 5.69 Å². The summed E-state index contributed by atoms with van der Waals surface area (Å²) in [6.45, 7) is 2.03. The van der Waals surface area contributed by atoms with E-state index >= 15 is 0 Å². The van der Waals surface area contributed by atoms with E-state index in [0.29, 0.717) is 23.6 Å². The predicted octanol–water partition coefficient (Wildman–Crippen LogP) is 2.82. The van der Waals surface area contributed by atoms with E-state index in [2.05, 4.69) is 4.98 Å². The first-order valence-electron chi connectivity index (χ1n) is 5.94. The van der Waals surface area contributed by atoms with Crippen LogP contribution in [0.2, 0.25) is 0 Å². The van der Waals surface area contributed by atoms with Crippen molar-refractivity contribution < 1.29 is 14.5 Å². The van der Waals surface area contributed by atoms with Crippen LogP contribution >= 0.6 is 11.3 Å². The third-order valence-corrected chi connectivity index (χ3v) is 3.44. The number of benzene rings is 1. The van der Waals surface area contributed by atoms with Gasteiger partial charge >= 0.3 is 5.97 Å². The number of rotatable bonds is 5. The summed E-state index contributed by atoms with van der Waals surface area (Å²) in [6.07, 6.45) is 0.360. The molecule has 0 N–H and O–H groups in total. The predicted molar refractivity (Wildman–Crippen MR) is 74.0 cm³/mol. The highest BCUT2D eigenvalue weighted by Crippen LogP contribution is 2.20. The van der Waals surface area contributed by atoms with Crippen LogP contribution in [0.5, 0.6) is 0 Å². The molecular formula is C13H12N2O4S. The van der Waals surface area contributed by atoms with Gasteiger partial charge in [-0.15, -0.1) is 11.3 Å². The standard InChI is InChI=1S/C13H12N2O4S/c1-2-19-13(16)12-11(14-8-20-12)7-9-4-3-5-10(6-9)15(17)18/h3-6,8H,2,7H2,1H3. The molecule has 6 nitrogen and oxygen atoms in total. The number of nitro groups is 1. The third-order valence-electron chi connectivity index (χ3n) is 2.59. The molecule has 0 bridgehead atoms. The van der Waals surface area contributed by atoms with E-state index in [0.717, 1.165) is 5.56 Å². The second kappa shape index (κ2) is 6.25. The molecule has 1 aromatic carbocycles. The van der Waals surface area contributed by atoms with Crippen molar-refractivity contribution in [2.24, 2.45) is 0 Å². The second-order valence-electron chi connectivity index (χ2n) is 3.95. The molecule has 0 aliphatic carbocycles. The molecule has 2 aromatic rings. The minimum absolute atomic E-state index is 0.0235. The van der Waals surface area contributed by atoms with Crippen LogP contribution < -0.4 is 0 Å². The van der Waals surface area contributed by atoms with Crippen LogP contribution in [-0.2, 0) is 11.2 Å². The largest absolute Gasteiger partial charge is 0.462 e. The van der Waals surface area contributed by atoms with Crippen molar-refractivity contribution in [1.29, 1.82) is 0 Å². The summed E-state index contributed by atoms with van der Waals surface area (Å²) in [7, 11) is 0. The molecule has 0 aliphatic rings. The number of carbonyl (C=O) groups is 1. The Morgan fingerprint density at radius 2 is 2.30 bits per heavy atom. The highest BCUT2D eigenvalue weighted by Gasteiger charge is 2.16. The lowest BCUT2D eigenvalue weighted by Gasteiger charge is -2.03. The Balaban J connectivity index is 2.22. The summed E-state index contributed by atoms with van der Waals surface area (Å²) in [4.78, 5) is 26.6. The number of nitrogens with zero attached hydrogens (tertiary/aromatic N) is 2. The Labute approximate surface area is 119 Å². The maximum Gasteiger partial charge on any atom is 0.350 e. The van der Waals surface area contributed by atoms with Gasteiger partial charge in [0.15, 0.2) is 0 Å². The Kier molecular flexibility index (Phi) is 4.41. The summed E-state index contributed by atoms with van der Waals surface area (Å²) in [5, 5.41) is 10.7. The van der Waals surface area contributed by atoms with E-state index in [1.165, 1.54) is 23.5 Å². The smallest absolute Gasteiger partial charge is 0.350 e. The van der Waals surface area contributed by atoms with Gasteiger partial charge in [-0.05, 0) is 12.5 Å². The molecule has 1 heterocycles. The Bertz CT molecular complexity index is 639. The van der Waals surface area contributed by atoms with Crippen molar-refractivity contribution in [3.8, 4) is 0 Å². The van der Waals surface area contributed by atoms with Gasteiger partial charge in [0.1, 0.15) is 4.88 Å². The zero-order chi connectivity index (χ0) is 14.5. The molecular weight excluding hydrogens is 280 g/mol. The average molecular weight is 292 g/mol. The number of thiazole rings is 1. The second-order valence-corrected chi connectivity index (χ2v) is 4.81. The molecule has 0 aliphatic heterocycles. The van der Waals surface area contributed by atoms with Crippen molar-refractivity contribution in [3.05, 3.63) is 56.0 Å². The van der Waals surface area contributed by atoms with E-state index in [1.54, 1.807) is 24.6 Å². The Hall–Kier alpha value is -2.28. The molecule has 0 saturated carbocycles. The zero-order valence-corrected chi connectivity index (χ0v) is 11.6. The lowest BCUT2D eigenvalue weighted by molar-refractivity contribution is -0.384. The first-order chi connectivity index (χ1) is 9.61. The molecule has 104 valence electrons. The van der Waals surface area contributed by atoms with Crippen molar-refractivity contribution >= 4 is 23.0 Å². The number of nitro benzene ring substituents is 1. The molecule has 0 unspecified atom stereocenters. The van der Waals surface area contributed by atoms with Gasteiger partial charge in [0, 0.05) is 18.6 Å². The summed E-state index contributed by atoms with van der Waals surface area (Å²) in [5.74, 6) is -0.407. The molecule has 0 radical (unpaired) electrons. The fourth-order valence-electron chi connectivity index (χ4n) is 1.73. The van der Waals surface area contributed by atoms with E-state index in [1.807, 2.05) is 0 Å². The number of ether oxygens (including phenoxy) is 1. The van der Waals surface area contributed by atoms with Crippen LogP contribution in [-0.4, -0.2) is 22.5 Å². The van der Waals surface area contributed by atoms with Gasteiger partial charge < -0.3 is 4.74 Å². The van der Waals surface area contributed by atoms with E-state index in [4.69, 9.17) is 4.74 Å². The van der Waals surface area contributed by atoms with Gasteiger partial charge in [-0.2, -0.15) is 0 Å². The van der Waals surface area contributed by atoms with Crippen LogP contribution in [0.25, 0.3) is 0 Å². The third kappa shape index (κ3) is 3.18. The van der Waals surface area contributed by atoms with Crippen LogP contribution in [0.3, 0.4) is 0 Å². The highest BCUT2D eigenvalue weighted by molar-refractivity contribution is 7.11. The summed E-state index contributed by atoms with van der Waals surface area (Å²) < 4.78 is 4.95. The van der Waals surface area contributed by atoms with Crippen LogP contribution in [0.1, 0.15) is 27.9 Å². The Morgan fingerprint density at radius 3 is 3.00 bits per heavy atom. The molecule has 20 heavy (non-hydrogen) atoms. The fraction of sp³-hybridized carbons (Fsp3) is 0.231. The maximum atomic E-state index is 11.7. The number of esters is 1. The van der Waals surface area contributed by atoms with Gasteiger partial charge in [-0.3, -0.25) is 10.1 Å². The summed E-state index contributed by atoms with van der Waals surface area (Å²) in [6, 6.07) is 6.29. The molecule has 0 saturated heterocycles. The zero-order valence-electron chi connectivity index (χ0n) is 10.7. The van der Waals surface area contributed by atoms with Gasteiger partial charge in [-0.25, -0.2) is 9.78 Å². The first-order valence-corrected chi connectivity index (χ1v) is 6.82. The first kappa shape index (κ1) is 14.1. The van der Waals surface area contributed by atoms with E-state index in [9.17, 15) is 14.9 Å². The van der Waals surface area contributed by atoms with Crippen molar-refractivity contribution in [1.82, 2.24) is 4.98 Å². The lowest BCUT2D eigenvalue weighted by atomic mass is 10.1. The monoisotopic (exact) mass is 292 g/mol. The maximum absolute atomic E-state index is 11.7. The summed E-state index contributed by atoms with van der Waals surface area (Å²) in [5.41, 5.74) is 2.90. The highest BCUT2D eigenvalue weighted by atomic mass is 32.1. The molecule has 7 heteroatoms. The molecule has 0 atom stereocenters. The fourth-order valence-corrected chi connectivity index (χ4v) is 2.43. The minimum Gasteiger partial charge on any atom is -0.462 e. The number of non-ortho nitro benzene ring substituents is 1. The van der Waals surface area contributed by atoms with Gasteiger partial charge in [0.2, 0.25) is 0 Å². The Morgan fingerprint density at radius 1 is 1.50 bits per heavy atom. The molecule has 0 spiro atoms. The number of hydrogen-bond donors (Lipinski definition) is 0. The number of carbonyl (C=O) groups excluding carboxylic acids is 1. The van der Waals surface area contributed by atoms with Crippen molar-refractivity contribution in [2.75, 3.05) is 6.61 Å². The minimum atomic E-state index is -0.448. The van der Waals surface area contributed by atoms with Gasteiger partial charge in [-0.1, -0.05) is 12.1 Å². The molecule has 1 aromatic heterocycles. The molecule has 0 fully saturated rings. The van der Waals surface area contributed by atoms with Crippen LogP contribution in [0.4, 0.5) is 5.69 Å².